The zero-order valence-corrected chi connectivity index (χ0v) is 20.4. The van der Waals surface area contributed by atoms with E-state index in [4.69, 9.17) is 9.47 Å². The first-order valence-corrected chi connectivity index (χ1v) is 12.7. The molecule has 1 spiro atoms. The summed E-state index contributed by atoms with van der Waals surface area (Å²) in [7, 11) is 0. The Morgan fingerprint density at radius 3 is 2.44 bits per heavy atom. The van der Waals surface area contributed by atoms with Crippen LogP contribution in [0, 0.1) is 34.5 Å². The number of fused-ring (bicyclic) bond motifs is 2. The smallest absolute Gasteiger partial charge is 0.187 e. The van der Waals surface area contributed by atoms with E-state index in [1.54, 1.807) is 0 Å². The predicted molar refractivity (Wildman–Crippen MR) is 121 cm³/mol. The molecular weight excluding hydrogens is 440 g/mol. The molecule has 1 heterocycles. The molecule has 4 aliphatic carbocycles. The van der Waals surface area contributed by atoms with E-state index < -0.39 is 54.4 Å². The maximum atomic E-state index is 13.9. The Kier molecular flexibility index (Phi) is 5.89. The van der Waals surface area contributed by atoms with Crippen molar-refractivity contribution in [2.75, 3.05) is 6.61 Å². The highest BCUT2D eigenvalue weighted by Gasteiger charge is 2.64. The molecule has 5 N–H and O–H groups in total. The third-order valence-corrected chi connectivity index (χ3v) is 10.2. The second-order valence-electron chi connectivity index (χ2n) is 12.6. The Labute approximate surface area is 201 Å². The maximum Gasteiger partial charge on any atom is 0.187 e. The van der Waals surface area contributed by atoms with Crippen LogP contribution in [0.3, 0.4) is 0 Å². The number of aliphatic hydroxyl groups is 5. The van der Waals surface area contributed by atoms with Gasteiger partial charge < -0.3 is 35.0 Å². The SMILES string of the molecule is C=C1[C@H]2C[C@H](O[C@@H]3O[C@H](CO)[C@@H](O)[C@H](O)[C@H]3O)C(C)(C)C(=O)[C@@H]2C[C@@]23C[C@@H](CC[C@@H]12)[C@](C)(O)C3. The topological polar surface area (TPSA) is 137 Å². The number of ether oxygens (including phenoxy) is 2. The third-order valence-electron chi connectivity index (χ3n) is 10.2. The molecule has 192 valence electrons. The molecule has 4 saturated carbocycles. The monoisotopic (exact) mass is 480 g/mol. The standard InChI is InChI=1S/C26H40O8/c1-12-14-7-18(34-23-21(30)20(29)19(28)17(10-27)33-23)24(2,3)22(31)15(14)9-26-8-13(5-6-16(12)26)25(4,32)11-26/h13-21,23,27-30,32H,1,5-11H2,2-4H3/t13-,14-,15-,16+,17-,18+,19-,20+,21-,23+,25-,26-/m1/s1. The van der Waals surface area contributed by atoms with E-state index in [1.807, 2.05) is 20.8 Å². The fourth-order valence-corrected chi connectivity index (χ4v) is 8.29. The van der Waals surface area contributed by atoms with Crippen molar-refractivity contribution in [3.05, 3.63) is 12.2 Å². The highest BCUT2D eigenvalue weighted by Crippen LogP contribution is 2.68. The summed E-state index contributed by atoms with van der Waals surface area (Å²) in [6.07, 6.45) is -2.47. The number of hydrogen-bond acceptors (Lipinski definition) is 8. The Bertz CT molecular complexity index is 852. The predicted octanol–water partition coefficient (Wildman–Crippen LogP) is 0.920. The highest BCUT2D eigenvalue weighted by atomic mass is 16.7. The van der Waals surface area contributed by atoms with Gasteiger partial charge in [0, 0.05) is 11.3 Å². The lowest BCUT2D eigenvalue weighted by atomic mass is 9.48. The van der Waals surface area contributed by atoms with Gasteiger partial charge in [-0.1, -0.05) is 26.0 Å². The zero-order valence-electron chi connectivity index (χ0n) is 20.4. The van der Waals surface area contributed by atoms with Crippen LogP contribution in [0.1, 0.15) is 59.3 Å². The Morgan fingerprint density at radius 1 is 1.06 bits per heavy atom. The van der Waals surface area contributed by atoms with E-state index in [9.17, 15) is 30.3 Å². The van der Waals surface area contributed by atoms with Gasteiger partial charge in [0.15, 0.2) is 6.29 Å². The van der Waals surface area contributed by atoms with Crippen molar-refractivity contribution >= 4 is 5.78 Å². The number of ketones is 1. The summed E-state index contributed by atoms with van der Waals surface area (Å²) in [5, 5.41) is 51.3. The van der Waals surface area contributed by atoms with Gasteiger partial charge in [-0.3, -0.25) is 4.79 Å². The molecule has 0 aromatic heterocycles. The van der Waals surface area contributed by atoms with Gasteiger partial charge >= 0.3 is 0 Å². The normalized spacial score (nSPS) is 54.5. The Balaban J connectivity index is 1.39. The molecule has 12 atom stereocenters. The van der Waals surface area contributed by atoms with Gasteiger partial charge in [-0.05, 0) is 68.6 Å². The largest absolute Gasteiger partial charge is 0.394 e. The van der Waals surface area contributed by atoms with Gasteiger partial charge in [0.1, 0.15) is 30.2 Å². The summed E-state index contributed by atoms with van der Waals surface area (Å²) in [4.78, 5) is 13.9. The second-order valence-corrected chi connectivity index (χ2v) is 12.6. The van der Waals surface area contributed by atoms with Gasteiger partial charge in [0.05, 0.1) is 18.3 Å². The lowest BCUT2D eigenvalue weighted by Crippen LogP contribution is -2.62. The lowest BCUT2D eigenvalue weighted by molar-refractivity contribution is -0.320. The van der Waals surface area contributed by atoms with Gasteiger partial charge in [0.2, 0.25) is 0 Å². The zero-order chi connectivity index (χ0) is 24.8. The van der Waals surface area contributed by atoms with E-state index in [1.165, 1.54) is 0 Å². The lowest BCUT2D eigenvalue weighted by Gasteiger charge is -2.56. The molecule has 0 unspecified atom stereocenters. The fraction of sp³-hybridized carbons (Fsp3) is 0.885. The molecule has 0 amide bonds. The van der Waals surface area contributed by atoms with Crippen LogP contribution in [0.2, 0.25) is 0 Å². The molecule has 34 heavy (non-hydrogen) atoms. The van der Waals surface area contributed by atoms with Gasteiger partial charge in [0.25, 0.3) is 0 Å². The van der Waals surface area contributed by atoms with Gasteiger partial charge in [-0.2, -0.15) is 0 Å². The van der Waals surface area contributed by atoms with Crippen LogP contribution in [-0.4, -0.2) is 80.3 Å². The summed E-state index contributed by atoms with van der Waals surface area (Å²) in [6.45, 7) is 9.60. The minimum absolute atomic E-state index is 0.0480. The summed E-state index contributed by atoms with van der Waals surface area (Å²) in [5.41, 5.74) is -0.539. The van der Waals surface area contributed by atoms with Crippen LogP contribution in [0.4, 0.5) is 0 Å². The average molecular weight is 481 g/mol. The number of Topliss-reactive ketones (excluding diaryl/α,β-unsaturated/α-hetero) is 1. The quantitative estimate of drug-likeness (QED) is 0.297. The third kappa shape index (κ3) is 3.48. The van der Waals surface area contributed by atoms with E-state index in [-0.39, 0.29) is 34.9 Å². The molecule has 5 fully saturated rings. The van der Waals surface area contributed by atoms with Crippen molar-refractivity contribution in [1.82, 2.24) is 0 Å². The highest BCUT2D eigenvalue weighted by molar-refractivity contribution is 5.89. The van der Waals surface area contributed by atoms with E-state index in [0.717, 1.165) is 37.7 Å². The van der Waals surface area contributed by atoms with Crippen LogP contribution in [0.15, 0.2) is 12.2 Å². The van der Waals surface area contributed by atoms with Crippen LogP contribution >= 0.6 is 0 Å². The number of rotatable bonds is 3. The van der Waals surface area contributed by atoms with Gasteiger partial charge in [-0.15, -0.1) is 0 Å². The molecule has 2 bridgehead atoms. The molecule has 5 aliphatic rings. The minimum Gasteiger partial charge on any atom is -0.394 e. The summed E-state index contributed by atoms with van der Waals surface area (Å²) >= 11 is 0. The number of aliphatic hydroxyl groups excluding tert-OH is 4. The van der Waals surface area contributed by atoms with Crippen molar-refractivity contribution in [3.8, 4) is 0 Å². The van der Waals surface area contributed by atoms with Crippen molar-refractivity contribution < 1.29 is 39.8 Å². The van der Waals surface area contributed by atoms with Crippen LogP contribution in [-0.2, 0) is 14.3 Å². The average Bonchev–Trinajstić information content (AvgIpc) is 2.97. The van der Waals surface area contributed by atoms with E-state index in [0.29, 0.717) is 6.42 Å². The fourth-order valence-electron chi connectivity index (χ4n) is 8.29. The first-order valence-electron chi connectivity index (χ1n) is 12.7. The second kappa shape index (κ2) is 8.07. The molecule has 0 aromatic carbocycles. The molecule has 8 heteroatoms. The van der Waals surface area contributed by atoms with E-state index in [2.05, 4.69) is 6.58 Å². The summed E-state index contributed by atoms with van der Waals surface area (Å²) < 4.78 is 11.7. The van der Waals surface area contributed by atoms with Crippen molar-refractivity contribution in [1.29, 1.82) is 0 Å². The molecular formula is C26H40O8. The molecule has 5 rings (SSSR count). The Hall–Kier alpha value is -0.870. The molecule has 0 aromatic rings. The van der Waals surface area contributed by atoms with Crippen molar-refractivity contribution in [2.24, 2.45) is 34.5 Å². The first-order chi connectivity index (χ1) is 15.8. The molecule has 1 saturated heterocycles. The minimum atomic E-state index is -1.53. The molecule has 8 nitrogen and oxygen atoms in total. The van der Waals surface area contributed by atoms with E-state index >= 15 is 0 Å². The number of carbonyl (C=O) groups excluding carboxylic acids is 1. The maximum absolute atomic E-state index is 13.9. The number of allylic oxidation sites excluding steroid dienone is 1. The number of carbonyl (C=O) groups is 1. The van der Waals surface area contributed by atoms with Crippen LogP contribution in [0.5, 0.6) is 0 Å². The Morgan fingerprint density at radius 2 is 1.76 bits per heavy atom. The first kappa shape index (κ1) is 24.8. The van der Waals surface area contributed by atoms with Crippen LogP contribution < -0.4 is 0 Å². The van der Waals surface area contributed by atoms with Gasteiger partial charge in [-0.25, -0.2) is 0 Å². The summed E-state index contributed by atoms with van der Waals surface area (Å²) in [6, 6.07) is 0. The van der Waals surface area contributed by atoms with Crippen molar-refractivity contribution in [3.63, 3.8) is 0 Å². The molecule has 0 radical (unpaired) electrons. The van der Waals surface area contributed by atoms with Crippen molar-refractivity contribution in [2.45, 2.75) is 102 Å². The summed E-state index contributed by atoms with van der Waals surface area (Å²) in [5.74, 6) is 0.429. The number of hydrogen-bond donors (Lipinski definition) is 5. The van der Waals surface area contributed by atoms with Crippen LogP contribution in [0.25, 0.3) is 0 Å². The molecule has 1 aliphatic heterocycles.